The van der Waals surface area contributed by atoms with Crippen LogP contribution in [0.1, 0.15) is 32.9 Å². The summed E-state index contributed by atoms with van der Waals surface area (Å²) in [4.78, 5) is 2.45. The van der Waals surface area contributed by atoms with Crippen molar-refractivity contribution < 1.29 is 0 Å². The number of hydrogen-bond acceptors (Lipinski definition) is 3. The molecule has 0 atom stereocenters. The highest BCUT2D eigenvalue weighted by molar-refractivity contribution is 5.26. The Morgan fingerprint density at radius 3 is 2.60 bits per heavy atom. The maximum atomic E-state index is 4.64. The molecular formula is C15H23N5. The van der Waals surface area contributed by atoms with E-state index < -0.39 is 0 Å². The molecule has 3 heterocycles. The summed E-state index contributed by atoms with van der Waals surface area (Å²) in [6.45, 7) is 11.0. The average molecular weight is 273 g/mol. The molecule has 0 spiro atoms. The van der Waals surface area contributed by atoms with Gasteiger partial charge in [-0.1, -0.05) is 20.8 Å². The predicted octanol–water partition coefficient (Wildman–Crippen LogP) is 2.07. The molecule has 108 valence electrons. The van der Waals surface area contributed by atoms with Crippen molar-refractivity contribution in [1.29, 1.82) is 0 Å². The fraction of sp³-hybridized carbons (Fsp3) is 0.600. The Hall–Kier alpha value is -1.62. The van der Waals surface area contributed by atoms with Gasteiger partial charge in [-0.05, 0) is 25.6 Å². The molecule has 2 aromatic heterocycles. The lowest BCUT2D eigenvalue weighted by Crippen LogP contribution is -2.39. The van der Waals surface area contributed by atoms with Crippen molar-refractivity contribution in [1.82, 2.24) is 24.5 Å². The minimum Gasteiger partial charge on any atom is -0.301 e. The molecule has 0 bridgehead atoms. The maximum Gasteiger partial charge on any atom is 0.102 e. The Labute approximate surface area is 120 Å². The Morgan fingerprint density at radius 2 is 2.00 bits per heavy atom. The molecule has 0 unspecified atom stereocenters. The molecule has 0 amide bonds. The van der Waals surface area contributed by atoms with Gasteiger partial charge in [-0.15, -0.1) is 0 Å². The highest BCUT2D eigenvalue weighted by Crippen LogP contribution is 2.20. The molecule has 20 heavy (non-hydrogen) atoms. The van der Waals surface area contributed by atoms with Crippen LogP contribution in [0, 0.1) is 0 Å². The maximum absolute atomic E-state index is 4.64. The second-order valence-corrected chi connectivity index (χ2v) is 6.55. The quantitative estimate of drug-likeness (QED) is 0.856. The lowest BCUT2D eigenvalue weighted by atomic mass is 9.93. The number of rotatable bonds is 4. The average Bonchev–Trinajstić information content (AvgIpc) is 2.93. The van der Waals surface area contributed by atoms with Crippen LogP contribution >= 0.6 is 0 Å². The van der Waals surface area contributed by atoms with Gasteiger partial charge in [0.25, 0.3) is 0 Å². The van der Waals surface area contributed by atoms with Crippen molar-refractivity contribution in [3.05, 3.63) is 30.4 Å². The molecule has 1 aliphatic rings. The summed E-state index contributed by atoms with van der Waals surface area (Å²) in [5.41, 5.74) is 2.22. The molecule has 5 nitrogen and oxygen atoms in total. The van der Waals surface area contributed by atoms with Gasteiger partial charge >= 0.3 is 0 Å². The minimum absolute atomic E-state index is 0.0821. The molecule has 2 aromatic rings. The van der Waals surface area contributed by atoms with Crippen molar-refractivity contribution in [3.8, 4) is 5.69 Å². The van der Waals surface area contributed by atoms with E-state index in [1.165, 1.54) is 19.5 Å². The molecule has 0 aliphatic carbocycles. The smallest absolute Gasteiger partial charge is 0.102 e. The van der Waals surface area contributed by atoms with Gasteiger partial charge in [-0.25, -0.2) is 4.68 Å². The largest absolute Gasteiger partial charge is 0.301 e. The Balaban J connectivity index is 1.67. The number of hydrogen-bond donors (Lipinski definition) is 0. The molecule has 0 N–H and O–H groups in total. The molecule has 1 fully saturated rings. The van der Waals surface area contributed by atoms with Gasteiger partial charge in [0.15, 0.2) is 0 Å². The van der Waals surface area contributed by atoms with Crippen LogP contribution in [0.3, 0.4) is 0 Å². The summed E-state index contributed by atoms with van der Waals surface area (Å²) < 4.78 is 3.92. The van der Waals surface area contributed by atoms with Crippen LogP contribution < -0.4 is 0 Å². The van der Waals surface area contributed by atoms with Gasteiger partial charge in [0, 0.05) is 18.2 Å². The topological polar surface area (TPSA) is 38.9 Å². The van der Waals surface area contributed by atoms with Crippen LogP contribution in [-0.4, -0.2) is 44.1 Å². The van der Waals surface area contributed by atoms with E-state index in [4.69, 9.17) is 0 Å². The second kappa shape index (κ2) is 5.05. The van der Waals surface area contributed by atoms with Crippen molar-refractivity contribution >= 4 is 0 Å². The standard InChI is InChI=1S/C15H23N5/c1-15(2,3)14-5-8-20(17-14)13-11-16-19(12-13)10-9-18-6-4-7-18/h5,8,11-12H,4,6-7,9-10H2,1-3H3. The number of nitrogens with zero attached hydrogens (tertiary/aromatic N) is 5. The van der Waals surface area contributed by atoms with E-state index in [9.17, 15) is 0 Å². The van der Waals surface area contributed by atoms with Crippen LogP contribution in [0.5, 0.6) is 0 Å². The lowest BCUT2D eigenvalue weighted by Gasteiger charge is -2.30. The van der Waals surface area contributed by atoms with Crippen LogP contribution in [-0.2, 0) is 12.0 Å². The Bertz CT molecular complexity index is 571. The number of likely N-dealkylation sites (tertiary alicyclic amines) is 1. The molecule has 1 saturated heterocycles. The second-order valence-electron chi connectivity index (χ2n) is 6.55. The lowest BCUT2D eigenvalue weighted by molar-refractivity contribution is 0.172. The third-order valence-corrected chi connectivity index (χ3v) is 3.84. The first-order valence-corrected chi connectivity index (χ1v) is 7.34. The van der Waals surface area contributed by atoms with Gasteiger partial charge in [-0.2, -0.15) is 10.2 Å². The molecule has 0 radical (unpaired) electrons. The Kier molecular flexibility index (Phi) is 3.38. The highest BCUT2D eigenvalue weighted by Gasteiger charge is 2.17. The SMILES string of the molecule is CC(C)(C)c1ccn(-c2cnn(CCN3CCC3)c2)n1. The van der Waals surface area contributed by atoms with E-state index in [-0.39, 0.29) is 5.41 Å². The zero-order valence-corrected chi connectivity index (χ0v) is 12.6. The molecule has 0 saturated carbocycles. The van der Waals surface area contributed by atoms with Crippen LogP contribution in [0.15, 0.2) is 24.7 Å². The van der Waals surface area contributed by atoms with Gasteiger partial charge < -0.3 is 4.90 Å². The monoisotopic (exact) mass is 273 g/mol. The van der Waals surface area contributed by atoms with Crippen molar-refractivity contribution in [2.75, 3.05) is 19.6 Å². The van der Waals surface area contributed by atoms with Gasteiger partial charge in [0.1, 0.15) is 5.69 Å². The predicted molar refractivity (Wildman–Crippen MR) is 79.1 cm³/mol. The molecular weight excluding hydrogens is 250 g/mol. The molecule has 0 aromatic carbocycles. The molecule has 5 heteroatoms. The van der Waals surface area contributed by atoms with Crippen molar-refractivity contribution in [3.63, 3.8) is 0 Å². The van der Waals surface area contributed by atoms with E-state index >= 15 is 0 Å². The highest BCUT2D eigenvalue weighted by atomic mass is 15.3. The fourth-order valence-corrected chi connectivity index (χ4v) is 2.31. The van der Waals surface area contributed by atoms with E-state index in [2.05, 4.69) is 48.1 Å². The van der Waals surface area contributed by atoms with E-state index in [0.29, 0.717) is 0 Å². The van der Waals surface area contributed by atoms with Gasteiger partial charge in [-0.3, -0.25) is 4.68 Å². The number of aromatic nitrogens is 4. The third kappa shape index (κ3) is 2.77. The van der Waals surface area contributed by atoms with Gasteiger partial charge in [0.05, 0.1) is 24.6 Å². The van der Waals surface area contributed by atoms with Crippen LogP contribution in [0.4, 0.5) is 0 Å². The van der Waals surface area contributed by atoms with Crippen LogP contribution in [0.25, 0.3) is 5.69 Å². The van der Waals surface area contributed by atoms with Crippen molar-refractivity contribution in [2.45, 2.75) is 39.2 Å². The van der Waals surface area contributed by atoms with Gasteiger partial charge in [0.2, 0.25) is 0 Å². The summed E-state index contributed by atoms with van der Waals surface area (Å²) in [7, 11) is 0. The summed E-state index contributed by atoms with van der Waals surface area (Å²) in [5, 5.41) is 9.06. The summed E-state index contributed by atoms with van der Waals surface area (Å²) in [6, 6.07) is 2.08. The minimum atomic E-state index is 0.0821. The molecule has 1 aliphatic heterocycles. The first-order valence-electron chi connectivity index (χ1n) is 7.34. The first kappa shape index (κ1) is 13.4. The van der Waals surface area contributed by atoms with E-state index in [1.807, 2.05) is 21.8 Å². The molecule has 3 rings (SSSR count). The summed E-state index contributed by atoms with van der Waals surface area (Å²) in [6.07, 6.45) is 7.30. The summed E-state index contributed by atoms with van der Waals surface area (Å²) in [5.74, 6) is 0. The normalized spacial score (nSPS) is 16.4. The third-order valence-electron chi connectivity index (χ3n) is 3.84. The summed E-state index contributed by atoms with van der Waals surface area (Å²) >= 11 is 0. The first-order chi connectivity index (χ1) is 9.52. The van der Waals surface area contributed by atoms with Crippen molar-refractivity contribution in [2.24, 2.45) is 0 Å². The zero-order chi connectivity index (χ0) is 14.2. The zero-order valence-electron chi connectivity index (χ0n) is 12.6. The Morgan fingerprint density at radius 1 is 1.20 bits per heavy atom. The van der Waals surface area contributed by atoms with Crippen LogP contribution in [0.2, 0.25) is 0 Å². The fourth-order valence-electron chi connectivity index (χ4n) is 2.31. The van der Waals surface area contributed by atoms with E-state index in [1.54, 1.807) is 0 Å². The van der Waals surface area contributed by atoms with E-state index in [0.717, 1.165) is 24.5 Å².